The van der Waals surface area contributed by atoms with Gasteiger partial charge in [0.1, 0.15) is 0 Å². The normalized spacial score (nSPS) is 13.9. The summed E-state index contributed by atoms with van der Waals surface area (Å²) in [5.74, 6) is -0.454. The van der Waals surface area contributed by atoms with E-state index in [9.17, 15) is 9.59 Å². The minimum absolute atomic E-state index is 0.0538. The van der Waals surface area contributed by atoms with E-state index in [2.05, 4.69) is 5.32 Å². The minimum Gasteiger partial charge on any atom is -0.480 e. The lowest BCUT2D eigenvalue weighted by molar-refractivity contribution is -0.140. The molecule has 6 nitrogen and oxygen atoms in total. The van der Waals surface area contributed by atoms with E-state index in [1.54, 1.807) is 18.8 Å². The molecule has 0 aromatic heterocycles. The van der Waals surface area contributed by atoms with Gasteiger partial charge in [-0.15, -0.1) is 0 Å². The first-order chi connectivity index (χ1) is 7.97. The number of nitrogens with zero attached hydrogens (tertiary/aromatic N) is 1. The van der Waals surface area contributed by atoms with Crippen LogP contribution >= 0.6 is 11.8 Å². The summed E-state index contributed by atoms with van der Waals surface area (Å²) < 4.78 is 0. The maximum Gasteiger partial charge on any atom is 0.328 e. The first-order valence-electron chi connectivity index (χ1n) is 5.33. The highest BCUT2D eigenvalue weighted by molar-refractivity contribution is 7.98. The molecule has 0 aliphatic heterocycles. The summed E-state index contributed by atoms with van der Waals surface area (Å²) in [6, 6.07) is -1.68. The van der Waals surface area contributed by atoms with Crippen LogP contribution < -0.4 is 5.32 Å². The largest absolute Gasteiger partial charge is 0.480 e. The second-order valence-electron chi connectivity index (χ2n) is 3.65. The molecule has 2 unspecified atom stereocenters. The van der Waals surface area contributed by atoms with Gasteiger partial charge in [-0.25, -0.2) is 9.59 Å². The third-order valence-electron chi connectivity index (χ3n) is 2.48. The Morgan fingerprint density at radius 1 is 1.47 bits per heavy atom. The van der Waals surface area contributed by atoms with E-state index in [0.717, 1.165) is 12.2 Å². The van der Waals surface area contributed by atoms with Gasteiger partial charge >= 0.3 is 12.0 Å². The van der Waals surface area contributed by atoms with E-state index >= 15 is 0 Å². The van der Waals surface area contributed by atoms with Gasteiger partial charge in [0.15, 0.2) is 6.04 Å². The second kappa shape index (κ2) is 8.19. The fraction of sp³-hybridized carbons (Fsp3) is 0.800. The van der Waals surface area contributed by atoms with Crippen molar-refractivity contribution in [2.75, 3.05) is 25.7 Å². The summed E-state index contributed by atoms with van der Waals surface area (Å²) in [5.41, 5.74) is 0. The zero-order chi connectivity index (χ0) is 13.4. The van der Waals surface area contributed by atoms with Crippen molar-refractivity contribution in [2.24, 2.45) is 0 Å². The van der Waals surface area contributed by atoms with Gasteiger partial charge < -0.3 is 20.4 Å². The number of carbonyl (C=O) groups is 2. The van der Waals surface area contributed by atoms with Crippen molar-refractivity contribution in [3.8, 4) is 0 Å². The molecule has 2 atom stereocenters. The number of amides is 2. The molecule has 0 saturated carbocycles. The third kappa shape index (κ3) is 5.27. The third-order valence-corrected chi connectivity index (χ3v) is 3.19. The molecule has 0 bridgehead atoms. The molecular formula is C10H20N2O4S. The number of thioether (sulfide) groups is 1. The highest BCUT2D eigenvalue weighted by atomic mass is 32.2. The van der Waals surface area contributed by atoms with Crippen LogP contribution in [0.25, 0.3) is 0 Å². The van der Waals surface area contributed by atoms with E-state index in [-0.39, 0.29) is 6.04 Å². The smallest absolute Gasteiger partial charge is 0.328 e. The Morgan fingerprint density at radius 2 is 2.06 bits per heavy atom. The Bertz CT molecular complexity index is 263. The summed E-state index contributed by atoms with van der Waals surface area (Å²) in [4.78, 5) is 23.9. The van der Waals surface area contributed by atoms with Crippen LogP contribution in [0.2, 0.25) is 0 Å². The lowest BCUT2D eigenvalue weighted by atomic mass is 10.2. The van der Waals surface area contributed by atoms with E-state index in [4.69, 9.17) is 10.2 Å². The van der Waals surface area contributed by atoms with Crippen LogP contribution in [0.5, 0.6) is 0 Å². The highest BCUT2D eigenvalue weighted by Crippen LogP contribution is 2.08. The van der Waals surface area contributed by atoms with Gasteiger partial charge in [-0.05, 0) is 12.7 Å². The van der Waals surface area contributed by atoms with Crippen molar-refractivity contribution in [2.45, 2.75) is 25.4 Å². The topological polar surface area (TPSA) is 89.9 Å². The van der Waals surface area contributed by atoms with Crippen molar-refractivity contribution in [3.05, 3.63) is 0 Å². The summed E-state index contributed by atoms with van der Waals surface area (Å²) in [6.45, 7) is 1.35. The number of hydrogen-bond donors (Lipinski definition) is 3. The predicted octanol–water partition coefficient (Wildman–Crippen LogP) is 0.215. The molecule has 7 heteroatoms. The second-order valence-corrected chi connectivity index (χ2v) is 4.56. The molecule has 100 valence electrons. The molecular weight excluding hydrogens is 244 g/mol. The molecule has 0 aliphatic carbocycles. The van der Waals surface area contributed by atoms with Crippen molar-refractivity contribution >= 4 is 23.8 Å². The van der Waals surface area contributed by atoms with Crippen LogP contribution in [0.4, 0.5) is 4.79 Å². The molecule has 0 aliphatic rings. The maximum absolute atomic E-state index is 11.7. The molecule has 17 heavy (non-hydrogen) atoms. The van der Waals surface area contributed by atoms with Crippen molar-refractivity contribution < 1.29 is 19.8 Å². The van der Waals surface area contributed by atoms with Gasteiger partial charge in [-0.1, -0.05) is 6.92 Å². The highest BCUT2D eigenvalue weighted by Gasteiger charge is 2.23. The van der Waals surface area contributed by atoms with E-state index in [0.29, 0.717) is 0 Å². The summed E-state index contributed by atoms with van der Waals surface area (Å²) in [7, 11) is 1.62. The Hall–Kier alpha value is -0.950. The van der Waals surface area contributed by atoms with E-state index < -0.39 is 24.6 Å². The van der Waals surface area contributed by atoms with Crippen LogP contribution in [-0.4, -0.2) is 64.9 Å². The quantitative estimate of drug-likeness (QED) is 0.612. The lowest BCUT2D eigenvalue weighted by Gasteiger charge is -2.28. The van der Waals surface area contributed by atoms with E-state index in [1.807, 2.05) is 13.2 Å². The maximum atomic E-state index is 11.7. The molecule has 0 radical (unpaired) electrons. The zero-order valence-corrected chi connectivity index (χ0v) is 11.2. The molecule has 0 saturated heterocycles. The number of aliphatic hydroxyl groups is 1. The number of aliphatic hydroxyl groups excluding tert-OH is 1. The molecule has 0 spiro atoms. The average molecular weight is 264 g/mol. The fourth-order valence-electron chi connectivity index (χ4n) is 1.30. The molecule has 0 rings (SSSR count). The van der Waals surface area contributed by atoms with Gasteiger partial charge in [0.2, 0.25) is 0 Å². The van der Waals surface area contributed by atoms with Gasteiger partial charge in [-0.2, -0.15) is 11.8 Å². The van der Waals surface area contributed by atoms with E-state index in [1.165, 1.54) is 4.90 Å². The summed E-state index contributed by atoms with van der Waals surface area (Å²) >= 11 is 1.62. The van der Waals surface area contributed by atoms with Gasteiger partial charge in [0.05, 0.1) is 6.61 Å². The number of carboxylic acid groups (broad SMARTS) is 1. The number of carboxylic acids is 1. The summed E-state index contributed by atoms with van der Waals surface area (Å²) in [6.07, 6.45) is 2.74. The molecule has 2 amide bonds. The molecule has 0 aromatic carbocycles. The standard InChI is InChI=1S/C10H20N2O4S/c1-4-7(6-17-3)12(2)10(16)11-8(5-13)9(14)15/h7-8,13H,4-6H2,1-3H3,(H,11,16)(H,14,15). The molecule has 3 N–H and O–H groups in total. The van der Waals surface area contributed by atoms with Gasteiger partial charge in [0, 0.05) is 18.8 Å². The molecule has 0 fully saturated rings. The number of nitrogens with one attached hydrogen (secondary N) is 1. The Morgan fingerprint density at radius 3 is 2.41 bits per heavy atom. The molecule has 0 heterocycles. The number of rotatable bonds is 7. The van der Waals surface area contributed by atoms with Crippen LogP contribution in [0.15, 0.2) is 0 Å². The van der Waals surface area contributed by atoms with Crippen molar-refractivity contribution in [3.63, 3.8) is 0 Å². The van der Waals surface area contributed by atoms with Crippen LogP contribution in [0, 0.1) is 0 Å². The molecule has 0 aromatic rings. The number of hydrogen-bond acceptors (Lipinski definition) is 4. The minimum atomic E-state index is -1.25. The Balaban J connectivity index is 4.42. The van der Waals surface area contributed by atoms with Gasteiger partial charge in [-0.3, -0.25) is 0 Å². The fourth-order valence-corrected chi connectivity index (χ4v) is 2.14. The zero-order valence-electron chi connectivity index (χ0n) is 10.3. The average Bonchev–Trinajstić information content (AvgIpc) is 2.31. The van der Waals surface area contributed by atoms with Crippen LogP contribution in [-0.2, 0) is 4.79 Å². The van der Waals surface area contributed by atoms with Crippen LogP contribution in [0.1, 0.15) is 13.3 Å². The number of carbonyl (C=O) groups excluding carboxylic acids is 1. The van der Waals surface area contributed by atoms with Crippen molar-refractivity contribution in [1.29, 1.82) is 0 Å². The lowest BCUT2D eigenvalue weighted by Crippen LogP contribution is -2.51. The Labute approximate surface area is 105 Å². The number of urea groups is 1. The first kappa shape index (κ1) is 16.1. The predicted molar refractivity (Wildman–Crippen MR) is 67.3 cm³/mol. The first-order valence-corrected chi connectivity index (χ1v) is 6.73. The number of aliphatic carboxylic acids is 1. The van der Waals surface area contributed by atoms with Gasteiger partial charge in [0.25, 0.3) is 0 Å². The monoisotopic (exact) mass is 264 g/mol. The van der Waals surface area contributed by atoms with Crippen molar-refractivity contribution in [1.82, 2.24) is 10.2 Å². The Kier molecular flexibility index (Phi) is 7.73. The SMILES string of the molecule is CCC(CSC)N(C)C(=O)NC(CO)C(=O)O. The van der Waals surface area contributed by atoms with Crippen LogP contribution in [0.3, 0.4) is 0 Å². The summed E-state index contributed by atoms with van der Waals surface area (Å²) in [5, 5.41) is 19.8.